The Morgan fingerprint density at radius 2 is 1.68 bits per heavy atom. The lowest BCUT2D eigenvalue weighted by Gasteiger charge is -2.43. The molecule has 0 saturated heterocycles. The van der Waals surface area contributed by atoms with Gasteiger partial charge < -0.3 is 14.2 Å². The lowest BCUT2D eigenvalue weighted by molar-refractivity contribution is -0.159. The molecular formula is C17H28O5. The summed E-state index contributed by atoms with van der Waals surface area (Å²) < 4.78 is 15.7. The maximum absolute atomic E-state index is 12.2. The third-order valence-electron chi connectivity index (χ3n) is 4.76. The highest BCUT2D eigenvalue weighted by atomic mass is 16.7. The van der Waals surface area contributed by atoms with Crippen molar-refractivity contribution in [2.75, 3.05) is 7.11 Å². The Hall–Kier alpha value is -1.26. The van der Waals surface area contributed by atoms with Crippen molar-refractivity contribution in [3.8, 4) is 0 Å². The van der Waals surface area contributed by atoms with E-state index in [0.717, 1.165) is 25.7 Å². The predicted octanol–water partition coefficient (Wildman–Crippen LogP) is 3.70. The van der Waals surface area contributed by atoms with Crippen molar-refractivity contribution in [2.24, 2.45) is 17.8 Å². The SMILES string of the molecule is COC(=O)C1C(OC(=O)OC(C)(C)C)CCC2CCCCC21. The highest BCUT2D eigenvalue weighted by molar-refractivity contribution is 5.74. The van der Waals surface area contributed by atoms with E-state index >= 15 is 0 Å². The third kappa shape index (κ3) is 4.14. The summed E-state index contributed by atoms with van der Waals surface area (Å²) in [6.45, 7) is 5.39. The fourth-order valence-corrected chi connectivity index (χ4v) is 3.89. The van der Waals surface area contributed by atoms with Crippen LogP contribution < -0.4 is 0 Å². The highest BCUT2D eigenvalue weighted by Gasteiger charge is 2.46. The van der Waals surface area contributed by atoms with Crippen LogP contribution in [0.5, 0.6) is 0 Å². The van der Waals surface area contributed by atoms with Gasteiger partial charge in [0.25, 0.3) is 0 Å². The van der Waals surface area contributed by atoms with Crippen molar-refractivity contribution in [3.05, 3.63) is 0 Å². The van der Waals surface area contributed by atoms with Crippen molar-refractivity contribution >= 4 is 12.1 Å². The summed E-state index contributed by atoms with van der Waals surface area (Å²) in [6.07, 6.45) is 5.13. The number of ether oxygens (including phenoxy) is 3. The second kappa shape index (κ2) is 6.88. The van der Waals surface area contributed by atoms with Crippen molar-refractivity contribution < 1.29 is 23.8 Å². The van der Waals surface area contributed by atoms with E-state index in [0.29, 0.717) is 12.3 Å². The second-order valence-electron chi connectivity index (χ2n) is 7.46. The standard InChI is InChI=1S/C17H28O5/c1-17(2,3)22-16(19)21-13-10-9-11-7-5-6-8-12(11)14(13)15(18)20-4/h11-14H,5-10H2,1-4H3. The molecular weight excluding hydrogens is 284 g/mol. The highest BCUT2D eigenvalue weighted by Crippen LogP contribution is 2.45. The molecule has 4 unspecified atom stereocenters. The summed E-state index contributed by atoms with van der Waals surface area (Å²) >= 11 is 0. The number of hydrogen-bond donors (Lipinski definition) is 0. The van der Waals surface area contributed by atoms with Gasteiger partial charge in [-0.2, -0.15) is 0 Å². The normalized spacial score (nSPS) is 31.8. The molecule has 2 aliphatic rings. The third-order valence-corrected chi connectivity index (χ3v) is 4.76. The van der Waals surface area contributed by atoms with Gasteiger partial charge in [0.1, 0.15) is 11.7 Å². The summed E-state index contributed by atoms with van der Waals surface area (Å²) in [6, 6.07) is 0. The van der Waals surface area contributed by atoms with Crippen LogP contribution in [0, 0.1) is 17.8 Å². The van der Waals surface area contributed by atoms with Crippen molar-refractivity contribution in [3.63, 3.8) is 0 Å². The first kappa shape index (κ1) is 17.1. The number of fused-ring (bicyclic) bond motifs is 1. The van der Waals surface area contributed by atoms with Gasteiger partial charge in [-0.1, -0.05) is 19.3 Å². The van der Waals surface area contributed by atoms with E-state index in [9.17, 15) is 9.59 Å². The molecule has 2 rings (SSSR count). The first-order valence-corrected chi connectivity index (χ1v) is 8.29. The monoisotopic (exact) mass is 312 g/mol. The minimum atomic E-state index is -0.694. The number of carbonyl (C=O) groups excluding carboxylic acids is 2. The molecule has 0 amide bonds. The number of rotatable bonds is 2. The van der Waals surface area contributed by atoms with E-state index in [1.54, 1.807) is 20.8 Å². The van der Waals surface area contributed by atoms with Crippen molar-refractivity contribution in [1.29, 1.82) is 0 Å². The maximum atomic E-state index is 12.2. The molecule has 0 radical (unpaired) electrons. The van der Waals surface area contributed by atoms with Crippen LogP contribution in [0.25, 0.3) is 0 Å². The van der Waals surface area contributed by atoms with E-state index in [1.807, 2.05) is 0 Å². The maximum Gasteiger partial charge on any atom is 0.509 e. The molecule has 4 atom stereocenters. The molecule has 0 bridgehead atoms. The summed E-state index contributed by atoms with van der Waals surface area (Å²) in [4.78, 5) is 24.2. The Kier molecular flexibility index (Phi) is 5.35. The van der Waals surface area contributed by atoms with Gasteiger partial charge in [-0.25, -0.2) is 4.79 Å². The van der Waals surface area contributed by atoms with Crippen LogP contribution in [0.3, 0.4) is 0 Å². The van der Waals surface area contributed by atoms with Gasteiger partial charge in [0.2, 0.25) is 0 Å². The zero-order chi connectivity index (χ0) is 16.3. The zero-order valence-electron chi connectivity index (χ0n) is 14.1. The number of esters is 1. The van der Waals surface area contributed by atoms with Crippen LogP contribution in [0.4, 0.5) is 4.79 Å². The van der Waals surface area contributed by atoms with Gasteiger partial charge in [-0.05, 0) is 51.9 Å². The van der Waals surface area contributed by atoms with E-state index in [2.05, 4.69) is 0 Å². The molecule has 0 heterocycles. The average molecular weight is 312 g/mol. The van der Waals surface area contributed by atoms with Crippen LogP contribution in [0.2, 0.25) is 0 Å². The molecule has 0 aromatic carbocycles. The van der Waals surface area contributed by atoms with Crippen LogP contribution in [0.1, 0.15) is 59.3 Å². The summed E-state index contributed by atoms with van der Waals surface area (Å²) in [5.74, 6) is 0.209. The quantitative estimate of drug-likeness (QED) is 0.728. The molecule has 2 fully saturated rings. The van der Waals surface area contributed by atoms with E-state index in [1.165, 1.54) is 13.5 Å². The number of hydrogen-bond acceptors (Lipinski definition) is 5. The Labute approximate surface area is 132 Å². The molecule has 22 heavy (non-hydrogen) atoms. The summed E-state index contributed by atoms with van der Waals surface area (Å²) in [5, 5.41) is 0. The molecule has 126 valence electrons. The zero-order valence-corrected chi connectivity index (χ0v) is 14.1. The topological polar surface area (TPSA) is 61.8 Å². The first-order chi connectivity index (χ1) is 10.3. The van der Waals surface area contributed by atoms with Crippen LogP contribution >= 0.6 is 0 Å². The Bertz CT molecular complexity index is 412. The number of carbonyl (C=O) groups is 2. The van der Waals surface area contributed by atoms with Gasteiger partial charge >= 0.3 is 12.1 Å². The Morgan fingerprint density at radius 3 is 2.32 bits per heavy atom. The minimum absolute atomic E-state index is 0.259. The minimum Gasteiger partial charge on any atom is -0.469 e. The van der Waals surface area contributed by atoms with Gasteiger partial charge in [-0.3, -0.25) is 4.79 Å². The Balaban J connectivity index is 2.08. The van der Waals surface area contributed by atoms with Gasteiger partial charge in [-0.15, -0.1) is 0 Å². The van der Waals surface area contributed by atoms with E-state index in [4.69, 9.17) is 14.2 Å². The van der Waals surface area contributed by atoms with Crippen molar-refractivity contribution in [2.45, 2.75) is 71.0 Å². The fraction of sp³-hybridized carbons (Fsp3) is 0.882. The lowest BCUT2D eigenvalue weighted by Crippen LogP contribution is -2.46. The molecule has 5 heteroatoms. The predicted molar refractivity (Wildman–Crippen MR) is 81.3 cm³/mol. The smallest absolute Gasteiger partial charge is 0.469 e. The molecule has 0 aromatic rings. The van der Waals surface area contributed by atoms with Crippen LogP contribution in [0.15, 0.2) is 0 Å². The van der Waals surface area contributed by atoms with Crippen LogP contribution in [-0.4, -0.2) is 30.9 Å². The molecule has 2 aliphatic carbocycles. The molecule has 0 aliphatic heterocycles. The summed E-state index contributed by atoms with van der Waals surface area (Å²) in [5.41, 5.74) is -0.597. The molecule has 0 aromatic heterocycles. The number of methoxy groups -OCH3 is 1. The molecule has 2 saturated carbocycles. The molecule has 0 spiro atoms. The van der Waals surface area contributed by atoms with Gasteiger partial charge in [0.15, 0.2) is 0 Å². The van der Waals surface area contributed by atoms with Gasteiger partial charge in [0.05, 0.1) is 13.0 Å². The fourth-order valence-electron chi connectivity index (χ4n) is 3.89. The van der Waals surface area contributed by atoms with E-state index in [-0.39, 0.29) is 17.8 Å². The van der Waals surface area contributed by atoms with Gasteiger partial charge in [0, 0.05) is 0 Å². The molecule has 5 nitrogen and oxygen atoms in total. The Morgan fingerprint density at radius 1 is 1.00 bits per heavy atom. The lowest BCUT2D eigenvalue weighted by atomic mass is 9.64. The average Bonchev–Trinajstić information content (AvgIpc) is 2.44. The van der Waals surface area contributed by atoms with E-state index < -0.39 is 17.9 Å². The largest absolute Gasteiger partial charge is 0.509 e. The van der Waals surface area contributed by atoms with Crippen LogP contribution in [-0.2, 0) is 19.0 Å². The first-order valence-electron chi connectivity index (χ1n) is 8.29. The summed E-state index contributed by atoms with van der Waals surface area (Å²) in [7, 11) is 1.40. The van der Waals surface area contributed by atoms with Crippen molar-refractivity contribution in [1.82, 2.24) is 0 Å². The molecule has 0 N–H and O–H groups in total. The second-order valence-corrected chi connectivity index (χ2v) is 7.46.